The Morgan fingerprint density at radius 3 is 2.27 bits per heavy atom. The molecule has 4 rings (SSSR count). The molecule has 9 nitrogen and oxygen atoms in total. The molecule has 12 heteroatoms. The normalized spacial score (nSPS) is 11.8. The fourth-order valence-electron chi connectivity index (χ4n) is 4.27. The molecule has 40 heavy (non-hydrogen) atoms. The molecule has 0 bridgehead atoms. The molecule has 0 atom stereocenters. The first-order chi connectivity index (χ1) is 18.9. The van der Waals surface area contributed by atoms with Crippen molar-refractivity contribution in [2.24, 2.45) is 0 Å². The van der Waals surface area contributed by atoms with Gasteiger partial charge < -0.3 is 10.2 Å². The summed E-state index contributed by atoms with van der Waals surface area (Å²) < 4.78 is 3.05. The third-order valence-electron chi connectivity index (χ3n) is 6.36. The summed E-state index contributed by atoms with van der Waals surface area (Å²) in [4.78, 5) is 34.7. The fourth-order valence-corrected chi connectivity index (χ4v) is 5.24. The van der Waals surface area contributed by atoms with Gasteiger partial charge in [-0.1, -0.05) is 60.8 Å². The third kappa shape index (κ3) is 6.85. The topological polar surface area (TPSA) is 88.3 Å². The Balaban J connectivity index is 1.57. The van der Waals surface area contributed by atoms with Crippen molar-refractivity contribution in [3.05, 3.63) is 79.4 Å². The number of likely N-dealkylation sites (N-methyl/N-ethyl adjacent to an activating group) is 2. The summed E-state index contributed by atoms with van der Waals surface area (Å²) in [5, 5.41) is 9.01. The van der Waals surface area contributed by atoms with Gasteiger partial charge in [-0.05, 0) is 56.9 Å². The lowest BCUT2D eigenvalue weighted by Gasteiger charge is -2.18. The van der Waals surface area contributed by atoms with Crippen LogP contribution in [0.5, 0.6) is 0 Å². The van der Waals surface area contributed by atoms with Gasteiger partial charge in [0, 0.05) is 23.8 Å². The zero-order valence-corrected chi connectivity index (χ0v) is 25.3. The second-order valence-electron chi connectivity index (χ2n) is 10.3. The number of nitrogens with one attached hydrogen (secondary N) is 1. The minimum atomic E-state index is -0.223. The fraction of sp³-hybridized carbons (Fsp3) is 0.357. The Labute approximate surface area is 248 Å². The highest BCUT2D eigenvalue weighted by molar-refractivity contribution is 6.40. The Kier molecular flexibility index (Phi) is 9.53. The van der Waals surface area contributed by atoms with E-state index in [4.69, 9.17) is 34.8 Å². The number of amides is 1. The summed E-state index contributed by atoms with van der Waals surface area (Å²) in [5.74, 6) is -0.136. The highest BCUT2D eigenvalue weighted by Crippen LogP contribution is 2.34. The molecule has 2 aromatic heterocycles. The van der Waals surface area contributed by atoms with Crippen LogP contribution in [0.15, 0.2) is 47.5 Å². The standard InChI is InChI=1S/C28H32Cl3N7O2/c1-17(2)25-24-27(38(34-25)26-21(30)12-19(29)13-22(26)31)32-16-37(28(24)40)14-18-6-8-20(9-7-18)33-23(39)15-36(5)11-10-35(3)4/h6-9,12-13,16-17H,10-11,14-15H2,1-5H3,(H,33,39). The smallest absolute Gasteiger partial charge is 0.265 e. The maximum atomic E-state index is 13.7. The van der Waals surface area contributed by atoms with Crippen molar-refractivity contribution in [3.63, 3.8) is 0 Å². The SMILES string of the molecule is CC(C)c1nn(-c2c(Cl)cc(Cl)cc2Cl)c2ncn(Cc3ccc(NC(=O)CN(C)CCN(C)C)cc3)c(=O)c12. The zero-order chi connectivity index (χ0) is 29.1. The van der Waals surface area contributed by atoms with Gasteiger partial charge in [-0.15, -0.1) is 0 Å². The van der Waals surface area contributed by atoms with Gasteiger partial charge in [0.05, 0.1) is 28.8 Å². The number of aromatic nitrogens is 4. The lowest BCUT2D eigenvalue weighted by molar-refractivity contribution is -0.117. The van der Waals surface area contributed by atoms with Gasteiger partial charge in [-0.2, -0.15) is 5.10 Å². The summed E-state index contributed by atoms with van der Waals surface area (Å²) in [6, 6.07) is 10.6. The van der Waals surface area contributed by atoms with Gasteiger partial charge in [-0.3, -0.25) is 19.1 Å². The van der Waals surface area contributed by atoms with E-state index in [0.29, 0.717) is 56.3 Å². The van der Waals surface area contributed by atoms with Crippen LogP contribution in [0, 0.1) is 0 Å². The van der Waals surface area contributed by atoms with Crippen LogP contribution in [0.2, 0.25) is 15.1 Å². The molecule has 0 aliphatic carbocycles. The van der Waals surface area contributed by atoms with Gasteiger partial charge in [0.15, 0.2) is 5.65 Å². The molecule has 0 fully saturated rings. The van der Waals surface area contributed by atoms with Gasteiger partial charge in [0.2, 0.25) is 5.91 Å². The van der Waals surface area contributed by atoms with E-state index in [9.17, 15) is 9.59 Å². The maximum absolute atomic E-state index is 13.7. The van der Waals surface area contributed by atoms with Crippen LogP contribution >= 0.6 is 34.8 Å². The summed E-state index contributed by atoms with van der Waals surface area (Å²) in [6.45, 7) is 6.19. The van der Waals surface area contributed by atoms with Crippen molar-refractivity contribution >= 4 is 57.4 Å². The van der Waals surface area contributed by atoms with E-state index in [1.54, 1.807) is 16.7 Å². The molecular formula is C28H32Cl3N7O2. The molecule has 0 unspecified atom stereocenters. The Bertz CT molecular complexity index is 1560. The minimum absolute atomic E-state index is 0.0521. The predicted molar refractivity (Wildman–Crippen MR) is 162 cm³/mol. The van der Waals surface area contributed by atoms with Crippen molar-refractivity contribution in [3.8, 4) is 5.69 Å². The number of fused-ring (bicyclic) bond motifs is 1. The number of nitrogens with zero attached hydrogens (tertiary/aromatic N) is 6. The second kappa shape index (κ2) is 12.7. The molecule has 4 aromatic rings. The molecular weight excluding hydrogens is 573 g/mol. The number of anilines is 1. The highest BCUT2D eigenvalue weighted by Gasteiger charge is 2.23. The highest BCUT2D eigenvalue weighted by atomic mass is 35.5. The minimum Gasteiger partial charge on any atom is -0.325 e. The van der Waals surface area contributed by atoms with Gasteiger partial charge in [0.25, 0.3) is 5.56 Å². The van der Waals surface area contributed by atoms with Crippen LogP contribution in [0.3, 0.4) is 0 Å². The number of carbonyl (C=O) groups is 1. The van der Waals surface area contributed by atoms with Crippen LogP contribution in [0.4, 0.5) is 5.69 Å². The van der Waals surface area contributed by atoms with Crippen LogP contribution in [0.1, 0.15) is 31.0 Å². The molecule has 1 amide bonds. The second-order valence-corrected chi connectivity index (χ2v) is 11.6. The number of benzene rings is 2. The van der Waals surface area contributed by atoms with Crippen molar-refractivity contribution in [2.45, 2.75) is 26.3 Å². The van der Waals surface area contributed by atoms with Crippen LogP contribution in [-0.2, 0) is 11.3 Å². The lowest BCUT2D eigenvalue weighted by atomic mass is 10.1. The van der Waals surface area contributed by atoms with E-state index >= 15 is 0 Å². The maximum Gasteiger partial charge on any atom is 0.265 e. The quantitative estimate of drug-likeness (QED) is 0.270. The van der Waals surface area contributed by atoms with Gasteiger partial charge in [0.1, 0.15) is 17.4 Å². The van der Waals surface area contributed by atoms with Crippen molar-refractivity contribution in [1.29, 1.82) is 0 Å². The molecule has 2 aromatic carbocycles. The number of carbonyl (C=O) groups excluding carboxylic acids is 1. The first-order valence-electron chi connectivity index (χ1n) is 12.8. The number of halogens is 3. The Morgan fingerprint density at radius 1 is 1.02 bits per heavy atom. The van der Waals surface area contributed by atoms with E-state index in [1.165, 1.54) is 11.0 Å². The molecule has 2 heterocycles. The van der Waals surface area contributed by atoms with Crippen molar-refractivity contribution in [1.82, 2.24) is 29.1 Å². The average Bonchev–Trinajstić information content (AvgIpc) is 3.25. The first-order valence-corrected chi connectivity index (χ1v) is 13.9. The number of rotatable bonds is 10. The van der Waals surface area contributed by atoms with Gasteiger partial charge >= 0.3 is 0 Å². The first kappa shape index (κ1) is 30.0. The zero-order valence-electron chi connectivity index (χ0n) is 23.1. The van der Waals surface area contributed by atoms with E-state index in [0.717, 1.165) is 18.7 Å². The molecule has 0 saturated heterocycles. The van der Waals surface area contributed by atoms with Crippen molar-refractivity contribution < 1.29 is 4.79 Å². The molecule has 1 N–H and O–H groups in total. The van der Waals surface area contributed by atoms with Crippen LogP contribution < -0.4 is 10.9 Å². The largest absolute Gasteiger partial charge is 0.325 e. The monoisotopic (exact) mass is 603 g/mol. The number of hydrogen-bond donors (Lipinski definition) is 1. The van der Waals surface area contributed by atoms with E-state index in [2.05, 4.69) is 20.3 Å². The number of hydrogen-bond acceptors (Lipinski definition) is 6. The van der Waals surface area contributed by atoms with E-state index < -0.39 is 0 Å². The molecule has 0 spiro atoms. The molecule has 0 aliphatic rings. The average molecular weight is 605 g/mol. The predicted octanol–water partition coefficient (Wildman–Crippen LogP) is 5.15. The van der Waals surface area contributed by atoms with Gasteiger partial charge in [-0.25, -0.2) is 9.67 Å². The summed E-state index contributed by atoms with van der Waals surface area (Å²) >= 11 is 19.0. The van der Waals surface area contributed by atoms with E-state index in [1.807, 2.05) is 64.2 Å². The summed E-state index contributed by atoms with van der Waals surface area (Å²) in [6.07, 6.45) is 1.49. The summed E-state index contributed by atoms with van der Waals surface area (Å²) in [7, 11) is 5.92. The Morgan fingerprint density at radius 2 is 1.68 bits per heavy atom. The molecule has 0 saturated carbocycles. The summed E-state index contributed by atoms with van der Waals surface area (Å²) in [5.41, 5.74) is 2.72. The van der Waals surface area contributed by atoms with Crippen LogP contribution in [0.25, 0.3) is 16.7 Å². The molecule has 0 radical (unpaired) electrons. The lowest BCUT2D eigenvalue weighted by Crippen LogP contribution is -2.34. The van der Waals surface area contributed by atoms with E-state index in [-0.39, 0.29) is 17.4 Å². The van der Waals surface area contributed by atoms with Crippen molar-refractivity contribution in [2.75, 3.05) is 46.1 Å². The third-order valence-corrected chi connectivity index (χ3v) is 7.15. The van der Waals surface area contributed by atoms with Crippen LogP contribution in [-0.4, -0.2) is 75.8 Å². The Hall–Kier alpha value is -2.95. The molecule has 212 valence electrons. The molecule has 0 aliphatic heterocycles.